The quantitative estimate of drug-likeness (QED) is 0.501. The maximum absolute atomic E-state index is 13.4. The Labute approximate surface area is 173 Å². The van der Waals surface area contributed by atoms with E-state index in [1.165, 1.54) is 5.69 Å². The number of H-pyrrole nitrogens is 1. The van der Waals surface area contributed by atoms with Crippen LogP contribution in [-0.4, -0.2) is 10.9 Å². The molecule has 1 aromatic heterocycles. The highest BCUT2D eigenvalue weighted by molar-refractivity contribution is 6.30. The summed E-state index contributed by atoms with van der Waals surface area (Å²) >= 11 is 6.06. The summed E-state index contributed by atoms with van der Waals surface area (Å²) in [4.78, 5) is 16.9. The molecule has 2 N–H and O–H groups in total. The average Bonchev–Trinajstić information content (AvgIpc) is 3.29. The van der Waals surface area contributed by atoms with Gasteiger partial charge in [0.15, 0.2) is 0 Å². The molecule has 0 atom stereocenters. The summed E-state index contributed by atoms with van der Waals surface area (Å²) in [7, 11) is 0. The minimum Gasteiger partial charge on any atom is -0.358 e. The highest BCUT2D eigenvalue weighted by atomic mass is 35.5. The summed E-state index contributed by atoms with van der Waals surface area (Å²) < 4.78 is 0. The fraction of sp³-hybridized carbons (Fsp3) is 0.375. The molecule has 3 nitrogen and oxygen atoms in total. The maximum Gasteiger partial charge on any atom is 0.235 e. The van der Waals surface area contributed by atoms with Crippen LogP contribution >= 0.6 is 11.6 Å². The van der Waals surface area contributed by atoms with Crippen LogP contribution in [0.2, 0.25) is 5.02 Å². The van der Waals surface area contributed by atoms with Crippen LogP contribution in [0.4, 0.5) is 5.69 Å². The van der Waals surface area contributed by atoms with Crippen LogP contribution in [0.3, 0.4) is 0 Å². The zero-order valence-electron chi connectivity index (χ0n) is 16.7. The molecule has 0 saturated heterocycles. The number of halogens is 1. The molecule has 0 spiro atoms. The number of rotatable bonds is 3. The van der Waals surface area contributed by atoms with Crippen molar-refractivity contribution in [3.8, 4) is 0 Å². The molecule has 0 unspecified atom stereocenters. The Morgan fingerprint density at radius 3 is 2.39 bits per heavy atom. The normalized spacial score (nSPS) is 16.4. The summed E-state index contributed by atoms with van der Waals surface area (Å²) in [6.45, 7) is 6.57. The van der Waals surface area contributed by atoms with Crippen molar-refractivity contribution in [2.75, 3.05) is 5.32 Å². The molecule has 4 heteroatoms. The molecule has 3 aromatic rings. The number of hydrogen-bond acceptors (Lipinski definition) is 1. The van der Waals surface area contributed by atoms with E-state index in [1.54, 1.807) is 0 Å². The molecule has 1 fully saturated rings. The van der Waals surface area contributed by atoms with E-state index >= 15 is 0 Å². The number of hydrogen-bond donors (Lipinski definition) is 2. The predicted octanol–water partition coefficient (Wildman–Crippen LogP) is 6.82. The first-order valence-corrected chi connectivity index (χ1v) is 10.4. The van der Waals surface area contributed by atoms with Gasteiger partial charge in [0, 0.05) is 34.1 Å². The second kappa shape index (κ2) is 6.97. The summed E-state index contributed by atoms with van der Waals surface area (Å²) in [5.41, 5.74) is 3.79. The molecule has 0 bridgehead atoms. The van der Waals surface area contributed by atoms with Crippen molar-refractivity contribution in [1.29, 1.82) is 0 Å². The molecule has 1 aliphatic carbocycles. The second-order valence-corrected chi connectivity index (χ2v) is 9.42. The third-order valence-corrected chi connectivity index (χ3v) is 6.23. The molecule has 0 aliphatic heterocycles. The fourth-order valence-corrected chi connectivity index (χ4v) is 4.39. The van der Waals surface area contributed by atoms with Crippen LogP contribution in [0.5, 0.6) is 0 Å². The second-order valence-electron chi connectivity index (χ2n) is 8.99. The van der Waals surface area contributed by atoms with Crippen LogP contribution in [0, 0.1) is 0 Å². The van der Waals surface area contributed by atoms with Crippen molar-refractivity contribution < 1.29 is 6.22 Å². The van der Waals surface area contributed by atoms with E-state index in [2.05, 4.69) is 43.2 Å². The molecule has 2 aromatic carbocycles. The van der Waals surface area contributed by atoms with Gasteiger partial charge >= 0.3 is 0 Å². The van der Waals surface area contributed by atoms with Gasteiger partial charge < -0.3 is 10.3 Å². The van der Waals surface area contributed by atoms with Gasteiger partial charge in [-0.2, -0.15) is 0 Å². The fourth-order valence-electron chi connectivity index (χ4n) is 4.26. The van der Waals surface area contributed by atoms with Crippen molar-refractivity contribution in [1.82, 2.24) is 4.98 Å². The molecule has 148 valence electrons. The SMILES string of the molecule is CC(C)(C)c1cc2cc(NC(=O)C3(c4ccc(Cl)cc4)CCCC3)ccc2[nH]1.[HH]. The van der Waals surface area contributed by atoms with Crippen molar-refractivity contribution in [2.24, 2.45) is 0 Å². The molecule has 1 amide bonds. The van der Waals surface area contributed by atoms with Crippen LogP contribution < -0.4 is 5.32 Å². The highest BCUT2D eigenvalue weighted by Crippen LogP contribution is 2.42. The third-order valence-electron chi connectivity index (χ3n) is 5.98. The summed E-state index contributed by atoms with van der Waals surface area (Å²) in [6, 6.07) is 16.0. The smallest absolute Gasteiger partial charge is 0.235 e. The number of amides is 1. The van der Waals surface area contributed by atoms with E-state index in [0.717, 1.165) is 47.8 Å². The van der Waals surface area contributed by atoms with Gasteiger partial charge in [-0.25, -0.2) is 0 Å². The Hall–Kier alpha value is -2.26. The van der Waals surface area contributed by atoms with Crippen molar-refractivity contribution in [3.63, 3.8) is 0 Å². The van der Waals surface area contributed by atoms with Crippen molar-refractivity contribution in [3.05, 3.63) is 64.8 Å². The Kier molecular flexibility index (Phi) is 4.75. The van der Waals surface area contributed by atoms with E-state index in [0.29, 0.717) is 5.02 Å². The van der Waals surface area contributed by atoms with E-state index in [4.69, 9.17) is 11.6 Å². The summed E-state index contributed by atoms with van der Waals surface area (Å²) in [6.07, 6.45) is 3.89. The standard InChI is InChI=1S/C24H27ClN2O.H2/c1-23(2,3)21-15-16-14-19(10-11-20(16)27-21)26-22(28)24(12-4-5-13-24)17-6-8-18(25)9-7-17;/h6-11,14-15,27H,4-5,12-13H2,1-3H3,(H,26,28);1H. The maximum atomic E-state index is 13.4. The Morgan fingerprint density at radius 1 is 1.07 bits per heavy atom. The van der Waals surface area contributed by atoms with Crippen molar-refractivity contribution >= 4 is 34.1 Å². The Balaban J connectivity index is 0.00000240. The van der Waals surface area contributed by atoms with Gasteiger partial charge in [-0.15, -0.1) is 0 Å². The molecule has 1 aliphatic rings. The zero-order valence-corrected chi connectivity index (χ0v) is 17.5. The first kappa shape index (κ1) is 19.1. The van der Waals surface area contributed by atoms with Gasteiger partial charge in [0.25, 0.3) is 0 Å². The minimum atomic E-state index is -0.464. The van der Waals surface area contributed by atoms with Gasteiger partial charge in [-0.05, 0) is 54.8 Å². The lowest BCUT2D eigenvalue weighted by Crippen LogP contribution is -2.37. The van der Waals surface area contributed by atoms with Gasteiger partial charge in [0.1, 0.15) is 0 Å². The lowest BCUT2D eigenvalue weighted by molar-refractivity contribution is -0.121. The number of carbonyl (C=O) groups is 1. The van der Waals surface area contributed by atoms with E-state index in [1.807, 2.05) is 36.4 Å². The van der Waals surface area contributed by atoms with Gasteiger partial charge in [0.05, 0.1) is 5.41 Å². The average molecular weight is 397 g/mol. The van der Waals surface area contributed by atoms with Crippen LogP contribution in [0.1, 0.15) is 59.1 Å². The van der Waals surface area contributed by atoms with E-state index < -0.39 is 5.41 Å². The number of anilines is 1. The summed E-state index contributed by atoms with van der Waals surface area (Å²) in [5, 5.41) is 5.01. The number of fused-ring (bicyclic) bond motifs is 1. The molecular weight excluding hydrogens is 368 g/mol. The molecule has 1 saturated carbocycles. The lowest BCUT2D eigenvalue weighted by atomic mass is 9.78. The first-order chi connectivity index (χ1) is 13.3. The highest BCUT2D eigenvalue weighted by Gasteiger charge is 2.42. The molecule has 1 heterocycles. The number of aromatic nitrogens is 1. The van der Waals surface area contributed by atoms with Crippen molar-refractivity contribution in [2.45, 2.75) is 57.3 Å². The predicted molar refractivity (Wildman–Crippen MR) is 119 cm³/mol. The Morgan fingerprint density at radius 2 is 1.75 bits per heavy atom. The van der Waals surface area contributed by atoms with E-state index in [-0.39, 0.29) is 12.7 Å². The van der Waals surface area contributed by atoms with Crippen LogP contribution in [0.15, 0.2) is 48.5 Å². The molecule has 4 rings (SSSR count). The van der Waals surface area contributed by atoms with Gasteiger partial charge in [-0.3, -0.25) is 4.79 Å². The molecule has 0 radical (unpaired) electrons. The number of nitrogens with one attached hydrogen (secondary N) is 2. The molecule has 28 heavy (non-hydrogen) atoms. The van der Waals surface area contributed by atoms with Gasteiger partial charge in [-0.1, -0.05) is 57.3 Å². The summed E-state index contributed by atoms with van der Waals surface area (Å²) in [5.74, 6) is 0.0817. The first-order valence-electron chi connectivity index (χ1n) is 9.99. The Bertz CT molecular complexity index is 1010. The van der Waals surface area contributed by atoms with Crippen LogP contribution in [0.25, 0.3) is 10.9 Å². The third kappa shape index (κ3) is 3.44. The lowest BCUT2D eigenvalue weighted by Gasteiger charge is -2.28. The van der Waals surface area contributed by atoms with Gasteiger partial charge in [0.2, 0.25) is 5.91 Å². The number of carbonyl (C=O) groups excluding carboxylic acids is 1. The topological polar surface area (TPSA) is 44.9 Å². The van der Waals surface area contributed by atoms with E-state index in [9.17, 15) is 4.79 Å². The minimum absolute atomic E-state index is 0. The van der Waals surface area contributed by atoms with Crippen LogP contribution in [-0.2, 0) is 15.6 Å². The monoisotopic (exact) mass is 396 g/mol. The number of aromatic amines is 1. The number of benzene rings is 2. The molecular formula is C24H29ClN2O. The largest absolute Gasteiger partial charge is 0.358 e. The zero-order chi connectivity index (χ0) is 19.9.